The van der Waals surface area contributed by atoms with Gasteiger partial charge < -0.3 is 15.2 Å². The summed E-state index contributed by atoms with van der Waals surface area (Å²) in [5, 5.41) is 13.6. The number of para-hydroxylation sites is 1. The lowest BCUT2D eigenvalue weighted by atomic mass is 10.0. The zero-order chi connectivity index (χ0) is 17.3. The van der Waals surface area contributed by atoms with Crippen molar-refractivity contribution in [2.24, 2.45) is 0 Å². The fraction of sp³-hybridized carbons (Fsp3) is 0.429. The van der Waals surface area contributed by atoms with Crippen LogP contribution in [0.5, 0.6) is 5.75 Å². The highest BCUT2D eigenvalue weighted by Gasteiger charge is 2.19. The molecule has 0 aromatic heterocycles. The first kappa shape index (κ1) is 17.9. The molecule has 1 aliphatic heterocycles. The van der Waals surface area contributed by atoms with E-state index in [2.05, 4.69) is 40.5 Å². The van der Waals surface area contributed by atoms with Crippen molar-refractivity contribution in [2.75, 3.05) is 26.2 Å². The number of aliphatic hydroxyl groups is 1. The molecule has 0 bridgehead atoms. The highest BCUT2D eigenvalue weighted by atomic mass is 16.5. The van der Waals surface area contributed by atoms with E-state index in [1.807, 2.05) is 30.3 Å². The fourth-order valence-corrected chi connectivity index (χ4v) is 3.21. The van der Waals surface area contributed by atoms with Gasteiger partial charge in [0.1, 0.15) is 18.5 Å². The van der Waals surface area contributed by atoms with Gasteiger partial charge in [-0.3, -0.25) is 4.90 Å². The van der Waals surface area contributed by atoms with Crippen molar-refractivity contribution in [3.05, 3.63) is 66.2 Å². The normalized spacial score (nSPS) is 17.3. The van der Waals surface area contributed by atoms with Gasteiger partial charge in [0, 0.05) is 19.1 Å². The van der Waals surface area contributed by atoms with Crippen LogP contribution < -0.4 is 10.1 Å². The van der Waals surface area contributed by atoms with E-state index in [0.717, 1.165) is 38.2 Å². The van der Waals surface area contributed by atoms with E-state index in [1.165, 1.54) is 5.56 Å². The minimum absolute atomic E-state index is 0.323. The molecule has 4 heteroatoms. The molecule has 1 fully saturated rings. The Bertz CT molecular complexity index is 598. The van der Waals surface area contributed by atoms with Gasteiger partial charge >= 0.3 is 0 Å². The quantitative estimate of drug-likeness (QED) is 0.775. The molecule has 2 N–H and O–H groups in total. The summed E-state index contributed by atoms with van der Waals surface area (Å²) < 4.78 is 5.59. The van der Waals surface area contributed by atoms with E-state index < -0.39 is 6.10 Å². The van der Waals surface area contributed by atoms with Crippen LogP contribution >= 0.6 is 0 Å². The number of nitrogens with zero attached hydrogens (tertiary/aromatic N) is 1. The van der Waals surface area contributed by atoms with E-state index in [4.69, 9.17) is 4.74 Å². The molecule has 0 saturated carbocycles. The lowest BCUT2D eigenvalue weighted by Crippen LogP contribution is -2.45. The third-order valence-corrected chi connectivity index (χ3v) is 4.66. The van der Waals surface area contributed by atoms with Crippen molar-refractivity contribution in [3.8, 4) is 5.75 Å². The maximum Gasteiger partial charge on any atom is 0.119 e. The average molecular weight is 340 g/mol. The first-order valence-corrected chi connectivity index (χ1v) is 9.15. The zero-order valence-corrected chi connectivity index (χ0v) is 14.7. The molecule has 1 unspecified atom stereocenters. The summed E-state index contributed by atoms with van der Waals surface area (Å²) in [7, 11) is 0. The predicted molar refractivity (Wildman–Crippen MR) is 101 cm³/mol. The van der Waals surface area contributed by atoms with Crippen molar-refractivity contribution >= 4 is 0 Å². The number of hydrogen-bond acceptors (Lipinski definition) is 4. The number of ether oxygens (including phenoxy) is 1. The highest BCUT2D eigenvalue weighted by molar-refractivity contribution is 5.20. The van der Waals surface area contributed by atoms with Gasteiger partial charge in [-0.05, 0) is 43.6 Å². The third-order valence-electron chi connectivity index (χ3n) is 4.66. The Morgan fingerprint density at radius 2 is 1.64 bits per heavy atom. The average Bonchev–Trinajstić information content (AvgIpc) is 2.67. The van der Waals surface area contributed by atoms with Crippen molar-refractivity contribution < 1.29 is 9.84 Å². The summed E-state index contributed by atoms with van der Waals surface area (Å²) in [5.41, 5.74) is 1.38. The Morgan fingerprint density at radius 1 is 1.00 bits per heavy atom. The smallest absolute Gasteiger partial charge is 0.119 e. The molecule has 134 valence electrons. The third kappa shape index (κ3) is 6.16. The van der Waals surface area contributed by atoms with Gasteiger partial charge in [-0.1, -0.05) is 48.5 Å². The highest BCUT2D eigenvalue weighted by Crippen LogP contribution is 2.14. The molecule has 0 amide bonds. The summed E-state index contributed by atoms with van der Waals surface area (Å²) in [4.78, 5) is 2.50. The molecule has 2 aromatic rings. The topological polar surface area (TPSA) is 44.7 Å². The van der Waals surface area contributed by atoms with Crippen LogP contribution in [-0.2, 0) is 6.54 Å². The van der Waals surface area contributed by atoms with Crippen molar-refractivity contribution in [1.29, 1.82) is 0 Å². The van der Waals surface area contributed by atoms with Crippen LogP contribution in [0.4, 0.5) is 0 Å². The van der Waals surface area contributed by atoms with Gasteiger partial charge in [-0.15, -0.1) is 0 Å². The van der Waals surface area contributed by atoms with E-state index >= 15 is 0 Å². The second-order valence-electron chi connectivity index (χ2n) is 6.72. The maximum atomic E-state index is 10.1. The van der Waals surface area contributed by atoms with Crippen LogP contribution in [0.15, 0.2) is 60.7 Å². The molecule has 0 aliphatic carbocycles. The zero-order valence-electron chi connectivity index (χ0n) is 14.7. The Balaban J connectivity index is 1.31. The standard InChI is InChI=1S/C21H28N2O2/c24-20(17-25-21-9-5-2-6-10-21)15-22-19-11-13-23(14-12-19)16-18-7-3-1-4-8-18/h1-10,19-20,22,24H,11-17H2. The van der Waals surface area contributed by atoms with Crippen LogP contribution in [0, 0.1) is 0 Å². The summed E-state index contributed by atoms with van der Waals surface area (Å²) in [5.74, 6) is 0.802. The molecule has 1 aliphatic rings. The molecule has 25 heavy (non-hydrogen) atoms. The molecule has 2 aromatic carbocycles. The van der Waals surface area contributed by atoms with Crippen LogP contribution in [0.25, 0.3) is 0 Å². The Labute approximate surface area is 150 Å². The second kappa shape index (κ2) is 9.56. The SMILES string of the molecule is OC(CNC1CCN(Cc2ccccc2)CC1)COc1ccccc1. The summed E-state index contributed by atoms with van der Waals surface area (Å²) in [6.45, 7) is 4.13. The predicted octanol–water partition coefficient (Wildman–Crippen LogP) is 2.68. The second-order valence-corrected chi connectivity index (χ2v) is 6.72. The fourth-order valence-electron chi connectivity index (χ4n) is 3.21. The van der Waals surface area contributed by atoms with E-state index in [0.29, 0.717) is 19.2 Å². The van der Waals surface area contributed by atoms with Crippen LogP contribution in [0.1, 0.15) is 18.4 Å². The van der Waals surface area contributed by atoms with Crippen LogP contribution in [0.3, 0.4) is 0 Å². The van der Waals surface area contributed by atoms with Gasteiger partial charge in [-0.2, -0.15) is 0 Å². The minimum Gasteiger partial charge on any atom is -0.491 e. The molecular weight excluding hydrogens is 312 g/mol. The monoisotopic (exact) mass is 340 g/mol. The van der Waals surface area contributed by atoms with Crippen molar-refractivity contribution in [1.82, 2.24) is 10.2 Å². The first-order chi connectivity index (χ1) is 12.3. The summed E-state index contributed by atoms with van der Waals surface area (Å²) in [6, 6.07) is 20.8. The van der Waals surface area contributed by atoms with Gasteiger partial charge in [0.05, 0.1) is 0 Å². The molecule has 3 rings (SSSR count). The number of aliphatic hydroxyl groups excluding tert-OH is 1. The molecule has 1 saturated heterocycles. The Kier molecular flexibility index (Phi) is 6.86. The number of piperidine rings is 1. The number of hydrogen-bond donors (Lipinski definition) is 2. The molecule has 1 atom stereocenters. The lowest BCUT2D eigenvalue weighted by molar-refractivity contribution is 0.0979. The molecule has 0 radical (unpaired) electrons. The summed E-state index contributed by atoms with van der Waals surface area (Å²) in [6.07, 6.45) is 1.76. The Morgan fingerprint density at radius 3 is 2.32 bits per heavy atom. The Hall–Kier alpha value is -1.88. The number of likely N-dealkylation sites (tertiary alicyclic amines) is 1. The van der Waals surface area contributed by atoms with Crippen molar-refractivity contribution in [2.45, 2.75) is 31.5 Å². The molecule has 1 heterocycles. The molecule has 0 spiro atoms. The summed E-state index contributed by atoms with van der Waals surface area (Å²) >= 11 is 0. The molecule has 4 nitrogen and oxygen atoms in total. The van der Waals surface area contributed by atoms with E-state index in [9.17, 15) is 5.11 Å². The van der Waals surface area contributed by atoms with Crippen molar-refractivity contribution in [3.63, 3.8) is 0 Å². The maximum absolute atomic E-state index is 10.1. The van der Waals surface area contributed by atoms with Gasteiger partial charge in [0.25, 0.3) is 0 Å². The number of benzene rings is 2. The van der Waals surface area contributed by atoms with E-state index in [-0.39, 0.29) is 0 Å². The van der Waals surface area contributed by atoms with E-state index in [1.54, 1.807) is 0 Å². The number of rotatable bonds is 8. The largest absolute Gasteiger partial charge is 0.491 e. The lowest BCUT2D eigenvalue weighted by Gasteiger charge is -2.33. The van der Waals surface area contributed by atoms with Gasteiger partial charge in [0.2, 0.25) is 0 Å². The minimum atomic E-state index is -0.484. The van der Waals surface area contributed by atoms with Gasteiger partial charge in [0.15, 0.2) is 0 Å². The van der Waals surface area contributed by atoms with Gasteiger partial charge in [-0.25, -0.2) is 0 Å². The van der Waals surface area contributed by atoms with Crippen LogP contribution in [-0.4, -0.2) is 48.4 Å². The molecular formula is C21H28N2O2. The van der Waals surface area contributed by atoms with Crippen LogP contribution in [0.2, 0.25) is 0 Å². The first-order valence-electron chi connectivity index (χ1n) is 9.15. The number of nitrogens with one attached hydrogen (secondary N) is 1.